The number of phenolic OH excluding ortho intramolecular Hbond substituents is 1. The number of halogens is 1. The Morgan fingerprint density at radius 2 is 2.35 bits per heavy atom. The maximum atomic E-state index is 9.94. The zero-order valence-corrected chi connectivity index (χ0v) is 10.6. The van der Waals surface area contributed by atoms with Crippen molar-refractivity contribution in [1.82, 2.24) is 10.3 Å². The Morgan fingerprint density at radius 1 is 1.47 bits per heavy atom. The molecule has 1 aromatic heterocycles. The van der Waals surface area contributed by atoms with Crippen molar-refractivity contribution in [2.75, 3.05) is 6.54 Å². The van der Waals surface area contributed by atoms with Gasteiger partial charge in [0.15, 0.2) is 0 Å². The first-order valence-electron chi connectivity index (χ1n) is 5.40. The van der Waals surface area contributed by atoms with E-state index in [2.05, 4.69) is 10.3 Å². The minimum absolute atomic E-state index is 0.00458. The van der Waals surface area contributed by atoms with Gasteiger partial charge in [-0.25, -0.2) is 4.98 Å². The van der Waals surface area contributed by atoms with Gasteiger partial charge < -0.3 is 10.4 Å². The second kappa shape index (κ2) is 4.29. The number of aromatic nitrogens is 1. The average Bonchev–Trinajstić information content (AvgIpc) is 2.80. The smallest absolute Gasteiger partial charge is 0.120 e. The standard InChI is InChI=1S/C12H11ClN2OS/c13-7-1-2-10(16)8(5-7)11-12-9(3-4-14-11)15-6-17-12/h1-2,5-6,11,14,16H,3-4H2. The third kappa shape index (κ3) is 1.92. The highest BCUT2D eigenvalue weighted by Crippen LogP contribution is 2.36. The Bertz CT molecular complexity index is 555. The van der Waals surface area contributed by atoms with Crippen molar-refractivity contribution in [2.45, 2.75) is 12.5 Å². The molecule has 1 atom stereocenters. The molecule has 5 heteroatoms. The van der Waals surface area contributed by atoms with Crippen LogP contribution >= 0.6 is 22.9 Å². The Labute approximate surface area is 108 Å². The molecule has 1 aliphatic heterocycles. The number of phenols is 1. The van der Waals surface area contributed by atoms with Gasteiger partial charge in [-0.1, -0.05) is 11.6 Å². The van der Waals surface area contributed by atoms with Crippen LogP contribution in [0.2, 0.25) is 5.02 Å². The number of aromatic hydroxyl groups is 1. The van der Waals surface area contributed by atoms with Crippen LogP contribution in [0.1, 0.15) is 22.2 Å². The monoisotopic (exact) mass is 266 g/mol. The summed E-state index contributed by atoms with van der Waals surface area (Å²) in [7, 11) is 0. The fourth-order valence-electron chi connectivity index (χ4n) is 2.14. The van der Waals surface area contributed by atoms with Gasteiger partial charge in [0.2, 0.25) is 0 Å². The lowest BCUT2D eigenvalue weighted by Crippen LogP contribution is -2.29. The molecule has 3 rings (SSSR count). The van der Waals surface area contributed by atoms with Crippen LogP contribution in [0.25, 0.3) is 0 Å². The van der Waals surface area contributed by atoms with Crippen molar-refractivity contribution in [3.05, 3.63) is 44.9 Å². The van der Waals surface area contributed by atoms with Crippen molar-refractivity contribution in [3.63, 3.8) is 0 Å². The van der Waals surface area contributed by atoms with Gasteiger partial charge in [0.1, 0.15) is 5.75 Å². The third-order valence-electron chi connectivity index (χ3n) is 2.95. The van der Waals surface area contributed by atoms with Crippen LogP contribution in [0.3, 0.4) is 0 Å². The molecule has 17 heavy (non-hydrogen) atoms. The van der Waals surface area contributed by atoms with Gasteiger partial charge in [-0.2, -0.15) is 0 Å². The maximum absolute atomic E-state index is 9.94. The predicted molar refractivity (Wildman–Crippen MR) is 68.8 cm³/mol. The van der Waals surface area contributed by atoms with E-state index in [0.717, 1.165) is 24.2 Å². The molecule has 1 aromatic carbocycles. The van der Waals surface area contributed by atoms with Crippen LogP contribution in [-0.2, 0) is 6.42 Å². The number of thiazole rings is 1. The van der Waals surface area contributed by atoms with E-state index in [4.69, 9.17) is 11.6 Å². The molecular weight excluding hydrogens is 256 g/mol. The SMILES string of the molecule is Oc1ccc(Cl)cc1C1NCCc2ncsc21. The molecule has 0 fully saturated rings. The molecule has 2 heterocycles. The van der Waals surface area contributed by atoms with Crippen LogP contribution in [0.4, 0.5) is 0 Å². The minimum atomic E-state index is 0.00458. The van der Waals surface area contributed by atoms with Crippen molar-refractivity contribution in [3.8, 4) is 5.75 Å². The predicted octanol–water partition coefficient (Wildman–Crippen LogP) is 2.74. The summed E-state index contributed by atoms with van der Waals surface area (Å²) in [5.74, 6) is 0.271. The van der Waals surface area contributed by atoms with E-state index in [1.807, 2.05) is 11.6 Å². The summed E-state index contributed by atoms with van der Waals surface area (Å²) in [4.78, 5) is 5.52. The highest BCUT2D eigenvalue weighted by molar-refractivity contribution is 7.09. The zero-order chi connectivity index (χ0) is 11.8. The quantitative estimate of drug-likeness (QED) is 0.834. The summed E-state index contributed by atoms with van der Waals surface area (Å²) in [6, 6.07) is 5.14. The van der Waals surface area contributed by atoms with E-state index in [0.29, 0.717) is 5.02 Å². The number of nitrogens with one attached hydrogen (secondary N) is 1. The first-order chi connectivity index (χ1) is 8.25. The number of hydrogen-bond donors (Lipinski definition) is 2. The lowest BCUT2D eigenvalue weighted by molar-refractivity contribution is 0.454. The highest BCUT2D eigenvalue weighted by Gasteiger charge is 2.25. The summed E-state index contributed by atoms with van der Waals surface area (Å²) in [6.07, 6.45) is 0.941. The fraction of sp³-hybridized carbons (Fsp3) is 0.250. The molecule has 88 valence electrons. The fourth-order valence-corrected chi connectivity index (χ4v) is 3.25. The normalized spacial score (nSPS) is 19.0. The van der Waals surface area contributed by atoms with E-state index >= 15 is 0 Å². The van der Waals surface area contributed by atoms with Crippen LogP contribution in [0.5, 0.6) is 5.75 Å². The number of hydrogen-bond acceptors (Lipinski definition) is 4. The van der Waals surface area contributed by atoms with Gasteiger partial charge in [0, 0.05) is 28.4 Å². The molecule has 1 aliphatic rings. The molecule has 0 amide bonds. The molecule has 2 N–H and O–H groups in total. The second-order valence-electron chi connectivity index (χ2n) is 4.00. The summed E-state index contributed by atoms with van der Waals surface area (Å²) < 4.78 is 0. The largest absolute Gasteiger partial charge is 0.508 e. The number of fused-ring (bicyclic) bond motifs is 1. The van der Waals surface area contributed by atoms with Crippen molar-refractivity contribution in [1.29, 1.82) is 0 Å². The molecule has 0 saturated heterocycles. The summed E-state index contributed by atoms with van der Waals surface area (Å²) >= 11 is 7.60. The first-order valence-corrected chi connectivity index (χ1v) is 6.65. The summed E-state index contributed by atoms with van der Waals surface area (Å²) in [5.41, 5.74) is 3.80. The molecule has 0 radical (unpaired) electrons. The van der Waals surface area contributed by atoms with Gasteiger partial charge in [0.05, 0.1) is 17.2 Å². The van der Waals surface area contributed by atoms with Crippen LogP contribution in [0, 0.1) is 0 Å². The van der Waals surface area contributed by atoms with Crippen molar-refractivity contribution >= 4 is 22.9 Å². The van der Waals surface area contributed by atoms with Gasteiger partial charge in [-0.3, -0.25) is 0 Å². The van der Waals surface area contributed by atoms with Crippen molar-refractivity contribution < 1.29 is 5.11 Å². The number of nitrogens with zero attached hydrogens (tertiary/aromatic N) is 1. The molecule has 2 aromatic rings. The average molecular weight is 267 g/mol. The van der Waals surface area contributed by atoms with Crippen LogP contribution in [0.15, 0.2) is 23.7 Å². The highest BCUT2D eigenvalue weighted by atomic mass is 35.5. The van der Waals surface area contributed by atoms with E-state index in [1.54, 1.807) is 23.5 Å². The third-order valence-corrected chi connectivity index (χ3v) is 4.12. The second-order valence-corrected chi connectivity index (χ2v) is 5.33. The topological polar surface area (TPSA) is 45.1 Å². The number of benzene rings is 1. The molecule has 0 bridgehead atoms. The van der Waals surface area contributed by atoms with Crippen LogP contribution < -0.4 is 5.32 Å². The Balaban J connectivity index is 2.09. The molecule has 0 saturated carbocycles. The zero-order valence-electron chi connectivity index (χ0n) is 8.98. The Morgan fingerprint density at radius 3 is 3.24 bits per heavy atom. The Kier molecular flexibility index (Phi) is 2.78. The molecule has 1 unspecified atom stereocenters. The summed E-state index contributed by atoms with van der Waals surface area (Å²) in [5, 5.41) is 14.0. The number of rotatable bonds is 1. The minimum Gasteiger partial charge on any atom is -0.508 e. The Hall–Kier alpha value is -1.10. The van der Waals surface area contributed by atoms with Gasteiger partial charge >= 0.3 is 0 Å². The van der Waals surface area contributed by atoms with Gasteiger partial charge in [-0.15, -0.1) is 11.3 Å². The van der Waals surface area contributed by atoms with Gasteiger partial charge in [0.25, 0.3) is 0 Å². The van der Waals surface area contributed by atoms with E-state index in [1.165, 1.54) is 4.88 Å². The lowest BCUT2D eigenvalue weighted by atomic mass is 9.99. The maximum Gasteiger partial charge on any atom is 0.120 e. The van der Waals surface area contributed by atoms with E-state index < -0.39 is 0 Å². The van der Waals surface area contributed by atoms with Gasteiger partial charge in [-0.05, 0) is 18.2 Å². The lowest BCUT2D eigenvalue weighted by Gasteiger charge is -2.24. The first kappa shape index (κ1) is 11.0. The molecular formula is C12H11ClN2OS. The van der Waals surface area contributed by atoms with E-state index in [9.17, 15) is 5.11 Å². The molecule has 0 spiro atoms. The van der Waals surface area contributed by atoms with E-state index in [-0.39, 0.29) is 11.8 Å². The van der Waals surface area contributed by atoms with Crippen LogP contribution in [-0.4, -0.2) is 16.6 Å². The van der Waals surface area contributed by atoms with Crippen molar-refractivity contribution in [2.24, 2.45) is 0 Å². The molecule has 0 aliphatic carbocycles. The molecule has 3 nitrogen and oxygen atoms in total. The summed E-state index contributed by atoms with van der Waals surface area (Å²) in [6.45, 7) is 0.868.